The number of nitrogens with one attached hydrogen (secondary N) is 1. The molecule has 6 heteroatoms. The van der Waals surface area contributed by atoms with Crippen LogP contribution in [0.1, 0.15) is 37.7 Å². The highest BCUT2D eigenvalue weighted by Gasteiger charge is 2.19. The first-order valence-electron chi connectivity index (χ1n) is 8.01. The van der Waals surface area contributed by atoms with Gasteiger partial charge in [0.15, 0.2) is 18.1 Å². The van der Waals surface area contributed by atoms with Crippen molar-refractivity contribution >= 4 is 11.9 Å². The molecule has 1 aliphatic heterocycles. The minimum atomic E-state index is -0.303. The Morgan fingerprint density at radius 1 is 1.17 bits per heavy atom. The fraction of sp³-hybridized carbons (Fsp3) is 0.529. The van der Waals surface area contributed by atoms with E-state index in [4.69, 9.17) is 14.2 Å². The Kier molecular flexibility index (Phi) is 5.00. The molecule has 0 aromatic heterocycles. The van der Waals surface area contributed by atoms with Crippen molar-refractivity contribution in [1.29, 1.82) is 0 Å². The van der Waals surface area contributed by atoms with Crippen LogP contribution in [0.15, 0.2) is 18.2 Å². The first-order chi connectivity index (χ1) is 11.2. The molecule has 0 radical (unpaired) electrons. The number of carbonyl (C=O) groups is 2. The van der Waals surface area contributed by atoms with Crippen molar-refractivity contribution in [3.63, 3.8) is 0 Å². The van der Waals surface area contributed by atoms with Crippen molar-refractivity contribution < 1.29 is 23.8 Å². The van der Waals surface area contributed by atoms with E-state index in [1.165, 1.54) is 12.8 Å². The molecule has 1 aliphatic carbocycles. The molecule has 1 N–H and O–H groups in total. The number of benzene rings is 1. The molecule has 1 saturated carbocycles. The summed E-state index contributed by atoms with van der Waals surface area (Å²) in [4.78, 5) is 23.4. The van der Waals surface area contributed by atoms with Crippen molar-refractivity contribution in [1.82, 2.24) is 5.32 Å². The predicted octanol–water partition coefficient (Wildman–Crippen LogP) is 2.16. The van der Waals surface area contributed by atoms with Gasteiger partial charge >= 0.3 is 5.97 Å². The lowest BCUT2D eigenvalue weighted by atomic mass is 10.1. The van der Waals surface area contributed by atoms with Crippen molar-refractivity contribution in [2.45, 2.75) is 38.6 Å². The Morgan fingerprint density at radius 3 is 2.78 bits per heavy atom. The van der Waals surface area contributed by atoms with E-state index >= 15 is 0 Å². The third-order valence-electron chi connectivity index (χ3n) is 4.22. The summed E-state index contributed by atoms with van der Waals surface area (Å²) in [6, 6.07) is 5.50. The molecule has 0 atom stereocenters. The molecule has 124 valence electrons. The molecular weight excluding hydrogens is 298 g/mol. The topological polar surface area (TPSA) is 73.9 Å². The average Bonchev–Trinajstić information content (AvgIpc) is 3.21. The fourth-order valence-electron chi connectivity index (χ4n) is 2.96. The van der Waals surface area contributed by atoms with Crippen LogP contribution < -0.4 is 14.8 Å². The quantitative estimate of drug-likeness (QED) is 0.813. The smallest absolute Gasteiger partial charge is 0.306 e. The van der Waals surface area contributed by atoms with Crippen molar-refractivity contribution in [3.8, 4) is 11.5 Å². The lowest BCUT2D eigenvalue weighted by Crippen LogP contribution is -2.28. The number of esters is 1. The molecule has 1 fully saturated rings. The monoisotopic (exact) mass is 319 g/mol. The van der Waals surface area contributed by atoms with E-state index in [1.807, 2.05) is 18.2 Å². The number of ether oxygens (including phenoxy) is 3. The van der Waals surface area contributed by atoms with Gasteiger partial charge in [0.25, 0.3) is 5.91 Å². The molecular formula is C17H21NO5. The van der Waals surface area contributed by atoms with E-state index in [0.29, 0.717) is 30.4 Å². The van der Waals surface area contributed by atoms with Crippen LogP contribution >= 0.6 is 0 Å². The third-order valence-corrected chi connectivity index (χ3v) is 4.22. The highest BCUT2D eigenvalue weighted by Crippen LogP contribution is 2.32. The van der Waals surface area contributed by atoms with E-state index in [1.54, 1.807) is 0 Å². The SMILES string of the molecule is O=C(COC(=O)CC1CCCC1)NCc1ccc2c(c1)OCO2. The van der Waals surface area contributed by atoms with Crippen LogP contribution in [0.3, 0.4) is 0 Å². The Bertz CT molecular complexity index is 580. The number of hydrogen-bond donors (Lipinski definition) is 1. The van der Waals surface area contributed by atoms with Gasteiger partial charge in [-0.3, -0.25) is 9.59 Å². The van der Waals surface area contributed by atoms with Crippen LogP contribution in [0.4, 0.5) is 0 Å². The molecule has 0 spiro atoms. The second-order valence-electron chi connectivity index (χ2n) is 5.98. The van der Waals surface area contributed by atoms with Gasteiger partial charge in [0.2, 0.25) is 6.79 Å². The van der Waals surface area contributed by atoms with Crippen LogP contribution in [0.25, 0.3) is 0 Å². The standard InChI is InChI=1S/C17H21NO5/c19-16(10-21-17(20)8-12-3-1-2-4-12)18-9-13-5-6-14-15(7-13)23-11-22-14/h5-7,12H,1-4,8-11H2,(H,18,19). The maximum Gasteiger partial charge on any atom is 0.306 e. The number of hydrogen-bond acceptors (Lipinski definition) is 5. The van der Waals surface area contributed by atoms with Gasteiger partial charge in [-0.25, -0.2) is 0 Å². The van der Waals surface area contributed by atoms with Gasteiger partial charge in [-0.2, -0.15) is 0 Å². The zero-order valence-corrected chi connectivity index (χ0v) is 13.0. The first-order valence-corrected chi connectivity index (χ1v) is 8.01. The van der Waals surface area contributed by atoms with Crippen molar-refractivity contribution in [2.24, 2.45) is 5.92 Å². The fourth-order valence-corrected chi connectivity index (χ4v) is 2.96. The van der Waals surface area contributed by atoms with E-state index in [-0.39, 0.29) is 25.3 Å². The average molecular weight is 319 g/mol. The number of fused-ring (bicyclic) bond motifs is 1. The largest absolute Gasteiger partial charge is 0.456 e. The minimum Gasteiger partial charge on any atom is -0.456 e. The van der Waals surface area contributed by atoms with E-state index in [0.717, 1.165) is 18.4 Å². The van der Waals surface area contributed by atoms with Gasteiger partial charge in [0.1, 0.15) is 0 Å². The van der Waals surface area contributed by atoms with Crippen LogP contribution in [0.5, 0.6) is 11.5 Å². The van der Waals surface area contributed by atoms with Crippen LogP contribution in [-0.2, 0) is 20.9 Å². The zero-order chi connectivity index (χ0) is 16.1. The third kappa shape index (κ3) is 4.37. The summed E-state index contributed by atoms with van der Waals surface area (Å²) < 4.78 is 15.5. The summed E-state index contributed by atoms with van der Waals surface area (Å²) in [6.45, 7) is 0.355. The normalized spacial score (nSPS) is 16.3. The van der Waals surface area contributed by atoms with Crippen molar-refractivity contribution in [2.75, 3.05) is 13.4 Å². The molecule has 2 aliphatic rings. The summed E-state index contributed by atoms with van der Waals surface area (Å²) in [5.41, 5.74) is 0.903. The van der Waals surface area contributed by atoms with Gasteiger partial charge in [-0.15, -0.1) is 0 Å². The molecule has 0 saturated heterocycles. The number of rotatable bonds is 6. The van der Waals surface area contributed by atoms with Crippen LogP contribution in [-0.4, -0.2) is 25.3 Å². The molecule has 6 nitrogen and oxygen atoms in total. The Balaban J connectivity index is 1.37. The maximum atomic E-state index is 11.7. The van der Waals surface area contributed by atoms with Gasteiger partial charge in [0, 0.05) is 13.0 Å². The molecule has 1 amide bonds. The number of amides is 1. The molecule has 23 heavy (non-hydrogen) atoms. The molecule has 0 unspecified atom stereocenters. The Hall–Kier alpha value is -2.24. The Morgan fingerprint density at radius 2 is 1.96 bits per heavy atom. The molecule has 3 rings (SSSR count). The lowest BCUT2D eigenvalue weighted by Gasteiger charge is -2.09. The van der Waals surface area contributed by atoms with Crippen LogP contribution in [0.2, 0.25) is 0 Å². The molecule has 1 aromatic carbocycles. The second-order valence-corrected chi connectivity index (χ2v) is 5.98. The first kappa shape index (κ1) is 15.6. The van der Waals surface area contributed by atoms with Gasteiger partial charge < -0.3 is 19.5 Å². The van der Waals surface area contributed by atoms with Gasteiger partial charge in [-0.1, -0.05) is 18.9 Å². The highest BCUT2D eigenvalue weighted by atomic mass is 16.7. The van der Waals surface area contributed by atoms with E-state index < -0.39 is 0 Å². The summed E-state index contributed by atoms with van der Waals surface area (Å²) in [5, 5.41) is 2.73. The van der Waals surface area contributed by atoms with Gasteiger partial charge in [-0.05, 0) is 36.5 Å². The summed E-state index contributed by atoms with van der Waals surface area (Å²) >= 11 is 0. The van der Waals surface area contributed by atoms with E-state index in [9.17, 15) is 9.59 Å². The summed E-state index contributed by atoms with van der Waals surface area (Å²) in [7, 11) is 0. The van der Waals surface area contributed by atoms with Crippen LogP contribution in [0, 0.1) is 5.92 Å². The Labute approximate surface area is 135 Å². The number of carbonyl (C=O) groups excluding carboxylic acids is 2. The summed E-state index contributed by atoms with van der Waals surface area (Å²) in [6.07, 6.45) is 4.98. The zero-order valence-electron chi connectivity index (χ0n) is 13.0. The minimum absolute atomic E-state index is 0.224. The predicted molar refractivity (Wildman–Crippen MR) is 81.9 cm³/mol. The maximum absolute atomic E-state index is 11.7. The molecule has 0 bridgehead atoms. The summed E-state index contributed by atoms with van der Waals surface area (Å²) in [5.74, 6) is 1.23. The highest BCUT2D eigenvalue weighted by molar-refractivity contribution is 5.80. The van der Waals surface area contributed by atoms with E-state index in [2.05, 4.69) is 5.32 Å². The van der Waals surface area contributed by atoms with Gasteiger partial charge in [0.05, 0.1) is 0 Å². The lowest BCUT2D eigenvalue weighted by molar-refractivity contribution is -0.149. The molecule has 1 heterocycles. The second kappa shape index (κ2) is 7.35. The molecule has 1 aromatic rings. The van der Waals surface area contributed by atoms with Crippen molar-refractivity contribution in [3.05, 3.63) is 23.8 Å².